The third kappa shape index (κ3) is 4.18. The molecule has 0 N–H and O–H groups in total. The number of unbranched alkanes of at least 4 members (excludes halogenated alkanes) is 1. The van der Waals surface area contributed by atoms with E-state index in [-0.39, 0.29) is 17.8 Å². The maximum absolute atomic E-state index is 12.7. The summed E-state index contributed by atoms with van der Waals surface area (Å²) in [6.45, 7) is 3.54. The highest BCUT2D eigenvalue weighted by Gasteiger charge is 2.61. The van der Waals surface area contributed by atoms with E-state index in [2.05, 4.69) is 11.7 Å². The van der Waals surface area contributed by atoms with E-state index in [9.17, 15) is 26.7 Å². The van der Waals surface area contributed by atoms with Gasteiger partial charge in [-0.2, -0.15) is 22.0 Å². The summed E-state index contributed by atoms with van der Waals surface area (Å²) in [6, 6.07) is 4.30. The largest absolute Gasteiger partial charge is 0.499 e. The number of carbonyl (C=O) groups excluding carboxylic acids is 1. The van der Waals surface area contributed by atoms with Gasteiger partial charge in [0, 0.05) is 12.0 Å². The molecule has 0 saturated heterocycles. The van der Waals surface area contributed by atoms with E-state index in [0.29, 0.717) is 12.8 Å². The second-order valence-corrected chi connectivity index (χ2v) is 4.02. The van der Waals surface area contributed by atoms with Crippen LogP contribution in [-0.2, 0) is 0 Å². The van der Waals surface area contributed by atoms with E-state index < -0.39 is 18.0 Å². The van der Waals surface area contributed by atoms with Gasteiger partial charge in [-0.3, -0.25) is 4.79 Å². The van der Waals surface area contributed by atoms with Gasteiger partial charge in [0.1, 0.15) is 5.75 Å². The Labute approximate surface area is 112 Å². The molecule has 0 heterocycles. The Balaban J connectivity index is 2.86. The number of hydrogen-bond acceptors (Lipinski definition) is 2. The fraction of sp³-hybridized carbons (Fsp3) is 0.385. The van der Waals surface area contributed by atoms with Crippen molar-refractivity contribution in [2.75, 3.05) is 0 Å². The first-order valence-corrected chi connectivity index (χ1v) is 5.73. The van der Waals surface area contributed by atoms with Crippen LogP contribution in [0.15, 0.2) is 24.3 Å². The molecule has 0 saturated carbocycles. The Kier molecular flexibility index (Phi) is 5.08. The molecular weight excluding hydrogens is 283 g/mol. The molecule has 111 valence electrons. The summed E-state index contributed by atoms with van der Waals surface area (Å²) in [5, 5.41) is 0. The van der Waals surface area contributed by atoms with Gasteiger partial charge in [0.05, 0.1) is 0 Å². The van der Waals surface area contributed by atoms with Crippen molar-refractivity contribution >= 4 is 5.78 Å². The van der Waals surface area contributed by atoms with E-state index in [4.69, 9.17) is 0 Å². The number of ketones is 1. The lowest BCUT2D eigenvalue weighted by Gasteiger charge is -2.20. The average molecular weight is 295 g/mol. The zero-order valence-electron chi connectivity index (χ0n) is 10.3. The van der Waals surface area contributed by atoms with Crippen molar-refractivity contribution in [3.05, 3.63) is 36.8 Å². The first-order chi connectivity index (χ1) is 9.17. The van der Waals surface area contributed by atoms with Crippen molar-refractivity contribution in [2.45, 2.75) is 31.5 Å². The van der Waals surface area contributed by atoms with Crippen LogP contribution in [0.3, 0.4) is 0 Å². The molecule has 0 bridgehead atoms. The minimum Gasteiger partial charge on any atom is -0.426 e. The molecule has 1 radical (unpaired) electrons. The summed E-state index contributed by atoms with van der Waals surface area (Å²) in [6.07, 6.45) is -9.96. The predicted octanol–water partition coefficient (Wildman–Crippen LogP) is 4.41. The van der Waals surface area contributed by atoms with E-state index in [1.165, 1.54) is 12.1 Å². The monoisotopic (exact) mass is 295 g/mol. The predicted molar refractivity (Wildman–Crippen MR) is 61.6 cm³/mol. The van der Waals surface area contributed by atoms with Crippen molar-refractivity contribution in [1.29, 1.82) is 0 Å². The molecule has 0 aliphatic heterocycles. The zero-order chi connectivity index (χ0) is 15.4. The van der Waals surface area contributed by atoms with E-state index in [0.717, 1.165) is 12.1 Å². The summed E-state index contributed by atoms with van der Waals surface area (Å²) >= 11 is 0. The second kappa shape index (κ2) is 6.19. The number of carbonyl (C=O) groups is 1. The number of halogens is 5. The zero-order valence-corrected chi connectivity index (χ0v) is 10.3. The first kappa shape index (κ1) is 16.4. The van der Waals surface area contributed by atoms with Crippen molar-refractivity contribution in [3.8, 4) is 5.75 Å². The van der Waals surface area contributed by atoms with Gasteiger partial charge in [-0.25, -0.2) is 0 Å². The lowest BCUT2D eigenvalue weighted by Crippen LogP contribution is -2.41. The van der Waals surface area contributed by atoms with Gasteiger partial charge in [0.2, 0.25) is 0 Å². The molecule has 0 fully saturated rings. The van der Waals surface area contributed by atoms with Gasteiger partial charge in [0.15, 0.2) is 5.78 Å². The Hall–Kier alpha value is -1.66. The minimum absolute atomic E-state index is 0.0222. The van der Waals surface area contributed by atoms with Gasteiger partial charge >= 0.3 is 12.3 Å². The van der Waals surface area contributed by atoms with Gasteiger partial charge in [0.25, 0.3) is 0 Å². The van der Waals surface area contributed by atoms with Gasteiger partial charge in [-0.1, -0.05) is 25.5 Å². The molecule has 2 nitrogen and oxygen atoms in total. The first-order valence-electron chi connectivity index (χ1n) is 5.73. The Morgan fingerprint density at radius 3 is 2.40 bits per heavy atom. The lowest BCUT2D eigenvalue weighted by atomic mass is 10.1. The quantitative estimate of drug-likeness (QED) is 0.574. The lowest BCUT2D eigenvalue weighted by molar-refractivity contribution is -0.360. The van der Waals surface area contributed by atoms with Crippen LogP contribution in [0.25, 0.3) is 0 Å². The van der Waals surface area contributed by atoms with Crippen LogP contribution in [0.5, 0.6) is 5.75 Å². The Bertz CT molecular complexity index is 468. The van der Waals surface area contributed by atoms with Crippen LogP contribution in [0.2, 0.25) is 0 Å². The Morgan fingerprint density at radius 1 is 1.20 bits per heavy atom. The van der Waals surface area contributed by atoms with Crippen LogP contribution in [0.4, 0.5) is 22.0 Å². The minimum atomic E-state index is -5.82. The highest BCUT2D eigenvalue weighted by atomic mass is 19.4. The topological polar surface area (TPSA) is 26.3 Å². The Morgan fingerprint density at radius 2 is 1.85 bits per heavy atom. The molecule has 0 aromatic heterocycles. The third-order valence-electron chi connectivity index (χ3n) is 2.39. The van der Waals surface area contributed by atoms with E-state index >= 15 is 0 Å². The average Bonchev–Trinajstić information content (AvgIpc) is 2.34. The van der Waals surface area contributed by atoms with E-state index in [1.807, 2.05) is 0 Å². The van der Waals surface area contributed by atoms with Crippen molar-refractivity contribution in [1.82, 2.24) is 0 Å². The fourth-order valence-corrected chi connectivity index (χ4v) is 1.37. The van der Waals surface area contributed by atoms with Crippen LogP contribution >= 0.6 is 0 Å². The maximum atomic E-state index is 12.7. The molecule has 0 unspecified atom stereocenters. The number of alkyl halides is 5. The molecule has 1 aromatic rings. The molecule has 1 aromatic carbocycles. The maximum Gasteiger partial charge on any atom is 0.499 e. The number of hydrogen-bond donors (Lipinski definition) is 0. The molecular formula is C13H12F5O2. The molecule has 20 heavy (non-hydrogen) atoms. The molecule has 0 aliphatic carbocycles. The number of benzene rings is 1. The van der Waals surface area contributed by atoms with Gasteiger partial charge in [-0.05, 0) is 18.6 Å². The standard InChI is InChI=1S/C13H12F5O2/c1-2-3-7-11(19)9-5-4-6-10(8-9)20-13(17,18)12(14,15)16/h4-6,8H,1-3,7H2. The smallest absolute Gasteiger partial charge is 0.426 e. The SMILES string of the molecule is [CH2]CCCC(=O)c1cccc(OC(F)(F)C(F)(F)F)c1. The fourth-order valence-electron chi connectivity index (χ4n) is 1.37. The molecule has 0 atom stereocenters. The summed E-state index contributed by atoms with van der Waals surface area (Å²) in [4.78, 5) is 11.6. The van der Waals surface area contributed by atoms with Gasteiger partial charge < -0.3 is 4.74 Å². The highest BCUT2D eigenvalue weighted by molar-refractivity contribution is 5.96. The summed E-state index contributed by atoms with van der Waals surface area (Å²) in [5.41, 5.74) is 0.0222. The summed E-state index contributed by atoms with van der Waals surface area (Å²) in [5.74, 6) is -1.08. The number of rotatable bonds is 6. The van der Waals surface area contributed by atoms with Crippen LogP contribution < -0.4 is 4.74 Å². The van der Waals surface area contributed by atoms with Crippen LogP contribution in [0.1, 0.15) is 29.6 Å². The molecule has 0 spiro atoms. The summed E-state index contributed by atoms with van der Waals surface area (Å²) < 4.78 is 65.0. The molecule has 1 rings (SSSR count). The molecule has 0 amide bonds. The van der Waals surface area contributed by atoms with Crippen molar-refractivity contribution in [3.63, 3.8) is 0 Å². The van der Waals surface area contributed by atoms with Crippen LogP contribution in [-0.4, -0.2) is 18.1 Å². The number of Topliss-reactive ketones (excluding diaryl/α,β-unsaturated/α-hetero) is 1. The van der Waals surface area contributed by atoms with E-state index in [1.54, 1.807) is 0 Å². The normalized spacial score (nSPS) is 12.3. The van der Waals surface area contributed by atoms with Gasteiger partial charge in [-0.15, -0.1) is 0 Å². The number of ether oxygens (including phenoxy) is 1. The van der Waals surface area contributed by atoms with Crippen LogP contribution in [0, 0.1) is 6.92 Å². The van der Waals surface area contributed by atoms with Crippen molar-refractivity contribution in [2.24, 2.45) is 0 Å². The second-order valence-electron chi connectivity index (χ2n) is 4.02. The third-order valence-corrected chi connectivity index (χ3v) is 2.39. The molecule has 0 aliphatic rings. The summed E-state index contributed by atoms with van der Waals surface area (Å²) in [7, 11) is 0. The van der Waals surface area contributed by atoms with Crippen molar-refractivity contribution < 1.29 is 31.5 Å². The highest BCUT2D eigenvalue weighted by Crippen LogP contribution is 2.37. The molecule has 7 heteroatoms.